The van der Waals surface area contributed by atoms with Crippen LogP contribution in [0.15, 0.2) is 64.7 Å². The first-order chi connectivity index (χ1) is 13.5. The van der Waals surface area contributed by atoms with Gasteiger partial charge in [-0.05, 0) is 39.0 Å². The fourth-order valence-electron chi connectivity index (χ4n) is 3.37. The summed E-state index contributed by atoms with van der Waals surface area (Å²) in [6.45, 7) is 5.77. The zero-order valence-electron chi connectivity index (χ0n) is 16.0. The number of hydrogen-bond donors (Lipinski definition) is 1. The smallest absolute Gasteiger partial charge is 0.262 e. The summed E-state index contributed by atoms with van der Waals surface area (Å²) in [7, 11) is 0. The Morgan fingerprint density at radius 1 is 1.04 bits per heavy atom. The molecule has 1 atom stereocenters. The SMILES string of the molecule is CC(Sc1nc2ccccc2c(=O)n1C(C)C)C(=O)c1c[nH]c2ccccc12. The third kappa shape index (κ3) is 3.14. The molecule has 0 bridgehead atoms. The number of hydrogen-bond acceptors (Lipinski definition) is 4. The molecule has 0 saturated heterocycles. The van der Waals surface area contributed by atoms with Crippen LogP contribution in [0, 0.1) is 0 Å². The largest absolute Gasteiger partial charge is 0.360 e. The Hall–Kier alpha value is -2.86. The first-order valence-corrected chi connectivity index (χ1v) is 10.1. The second-order valence-corrected chi connectivity index (χ2v) is 8.36. The number of thioether (sulfide) groups is 1. The third-order valence-corrected chi connectivity index (χ3v) is 5.86. The van der Waals surface area contributed by atoms with E-state index < -0.39 is 0 Å². The van der Waals surface area contributed by atoms with E-state index in [0.717, 1.165) is 10.9 Å². The van der Waals surface area contributed by atoms with Gasteiger partial charge in [0.15, 0.2) is 10.9 Å². The maximum Gasteiger partial charge on any atom is 0.262 e. The molecule has 0 amide bonds. The fourth-order valence-corrected chi connectivity index (χ4v) is 4.48. The lowest BCUT2D eigenvalue weighted by Gasteiger charge is -2.18. The van der Waals surface area contributed by atoms with E-state index in [1.807, 2.05) is 63.2 Å². The number of Topliss-reactive ketones (excluding diaryl/α,β-unsaturated/α-hetero) is 1. The van der Waals surface area contributed by atoms with Crippen LogP contribution in [-0.4, -0.2) is 25.6 Å². The fraction of sp³-hybridized carbons (Fsp3) is 0.227. The molecule has 2 heterocycles. The van der Waals surface area contributed by atoms with Crippen LogP contribution in [0.3, 0.4) is 0 Å². The lowest BCUT2D eigenvalue weighted by Crippen LogP contribution is -2.26. The van der Waals surface area contributed by atoms with Gasteiger partial charge in [0, 0.05) is 28.7 Å². The van der Waals surface area contributed by atoms with Gasteiger partial charge in [-0.1, -0.05) is 42.1 Å². The van der Waals surface area contributed by atoms with E-state index in [2.05, 4.69) is 9.97 Å². The Kier molecular flexibility index (Phi) is 4.81. The molecule has 2 aromatic carbocycles. The number of fused-ring (bicyclic) bond motifs is 2. The van der Waals surface area contributed by atoms with Crippen molar-refractivity contribution in [3.8, 4) is 0 Å². The summed E-state index contributed by atoms with van der Waals surface area (Å²) >= 11 is 1.33. The van der Waals surface area contributed by atoms with Crippen LogP contribution in [0.25, 0.3) is 21.8 Å². The van der Waals surface area contributed by atoms with Crippen LogP contribution in [0.4, 0.5) is 0 Å². The highest BCUT2D eigenvalue weighted by molar-refractivity contribution is 8.00. The van der Waals surface area contributed by atoms with Gasteiger partial charge in [-0.15, -0.1) is 0 Å². The van der Waals surface area contributed by atoms with Gasteiger partial charge in [-0.3, -0.25) is 14.2 Å². The molecule has 4 rings (SSSR count). The Balaban J connectivity index is 1.74. The topological polar surface area (TPSA) is 67.8 Å². The van der Waals surface area contributed by atoms with Crippen molar-refractivity contribution in [1.82, 2.24) is 14.5 Å². The minimum Gasteiger partial charge on any atom is -0.360 e. The van der Waals surface area contributed by atoms with Crippen LogP contribution >= 0.6 is 11.8 Å². The summed E-state index contributed by atoms with van der Waals surface area (Å²) in [6, 6.07) is 15.0. The van der Waals surface area contributed by atoms with E-state index in [1.54, 1.807) is 16.8 Å². The Morgan fingerprint density at radius 3 is 2.46 bits per heavy atom. The summed E-state index contributed by atoms with van der Waals surface area (Å²) in [5.74, 6) is 0.0140. The van der Waals surface area contributed by atoms with Gasteiger partial charge >= 0.3 is 0 Å². The van der Waals surface area contributed by atoms with Gasteiger partial charge in [0.1, 0.15) is 0 Å². The minimum absolute atomic E-state index is 0.0140. The predicted octanol–water partition coefficient (Wildman–Crippen LogP) is 4.82. The Morgan fingerprint density at radius 2 is 1.71 bits per heavy atom. The number of aromatic nitrogens is 3. The van der Waals surface area contributed by atoms with Crippen LogP contribution in [-0.2, 0) is 0 Å². The molecule has 0 aliphatic carbocycles. The summed E-state index contributed by atoms with van der Waals surface area (Å²) in [5, 5.41) is 1.69. The minimum atomic E-state index is -0.378. The first kappa shape index (κ1) is 18.5. The number of H-pyrrole nitrogens is 1. The molecular weight excluding hydrogens is 370 g/mol. The highest BCUT2D eigenvalue weighted by Crippen LogP contribution is 2.29. The van der Waals surface area contributed by atoms with Crippen LogP contribution < -0.4 is 5.56 Å². The summed E-state index contributed by atoms with van der Waals surface area (Å²) in [6.07, 6.45) is 1.76. The van der Waals surface area contributed by atoms with Crippen molar-refractivity contribution in [2.45, 2.75) is 37.2 Å². The van der Waals surface area contributed by atoms with E-state index in [4.69, 9.17) is 0 Å². The molecule has 1 N–H and O–H groups in total. The number of ketones is 1. The number of benzene rings is 2. The number of carbonyl (C=O) groups excluding carboxylic acids is 1. The third-order valence-electron chi connectivity index (χ3n) is 4.80. The number of para-hydroxylation sites is 2. The van der Waals surface area contributed by atoms with Crippen molar-refractivity contribution in [3.63, 3.8) is 0 Å². The quantitative estimate of drug-likeness (QED) is 0.301. The van der Waals surface area contributed by atoms with Crippen molar-refractivity contribution < 1.29 is 4.79 Å². The maximum absolute atomic E-state index is 13.1. The molecule has 2 aromatic heterocycles. The second kappa shape index (κ2) is 7.28. The number of aromatic amines is 1. The molecule has 0 radical (unpaired) electrons. The van der Waals surface area contributed by atoms with Crippen molar-refractivity contribution in [2.24, 2.45) is 0 Å². The summed E-state index contributed by atoms with van der Waals surface area (Å²) < 4.78 is 1.67. The van der Waals surface area contributed by atoms with E-state index in [9.17, 15) is 9.59 Å². The van der Waals surface area contributed by atoms with Gasteiger partial charge in [0.25, 0.3) is 5.56 Å². The molecule has 28 heavy (non-hydrogen) atoms. The van der Waals surface area contributed by atoms with Gasteiger partial charge < -0.3 is 4.98 Å². The molecule has 0 aliphatic rings. The standard InChI is InChI=1S/C22H21N3O2S/c1-13(2)25-21(27)16-9-5-7-11-19(16)24-22(25)28-14(3)20(26)17-12-23-18-10-6-4-8-15(17)18/h4-14,23H,1-3H3. The van der Waals surface area contributed by atoms with Gasteiger partial charge in [0.05, 0.1) is 16.2 Å². The highest BCUT2D eigenvalue weighted by atomic mass is 32.2. The molecule has 0 aliphatic heterocycles. The predicted molar refractivity (Wildman–Crippen MR) is 114 cm³/mol. The Labute approximate surface area is 166 Å². The van der Waals surface area contributed by atoms with Gasteiger partial charge in [-0.2, -0.15) is 0 Å². The number of nitrogens with one attached hydrogen (secondary N) is 1. The molecule has 6 heteroatoms. The van der Waals surface area contributed by atoms with Gasteiger partial charge in [-0.25, -0.2) is 4.98 Å². The van der Waals surface area contributed by atoms with Crippen molar-refractivity contribution >= 4 is 39.4 Å². The normalized spacial score (nSPS) is 12.7. The van der Waals surface area contributed by atoms with Crippen LogP contribution in [0.5, 0.6) is 0 Å². The molecule has 4 aromatic rings. The van der Waals surface area contributed by atoms with E-state index in [0.29, 0.717) is 21.6 Å². The van der Waals surface area contributed by atoms with E-state index in [1.165, 1.54) is 11.8 Å². The molecule has 0 saturated carbocycles. The molecule has 0 spiro atoms. The summed E-state index contributed by atoms with van der Waals surface area (Å²) in [5.41, 5.74) is 2.18. The number of carbonyl (C=O) groups is 1. The summed E-state index contributed by atoms with van der Waals surface area (Å²) in [4.78, 5) is 33.9. The maximum atomic E-state index is 13.1. The molecule has 5 nitrogen and oxygen atoms in total. The highest BCUT2D eigenvalue weighted by Gasteiger charge is 2.23. The monoisotopic (exact) mass is 391 g/mol. The first-order valence-electron chi connectivity index (χ1n) is 9.25. The molecule has 1 unspecified atom stereocenters. The lowest BCUT2D eigenvalue weighted by molar-refractivity contribution is 0.0995. The zero-order valence-corrected chi connectivity index (χ0v) is 16.8. The van der Waals surface area contributed by atoms with Crippen molar-refractivity contribution in [2.75, 3.05) is 0 Å². The average Bonchev–Trinajstić information content (AvgIpc) is 3.11. The van der Waals surface area contributed by atoms with Crippen molar-refractivity contribution in [1.29, 1.82) is 0 Å². The van der Waals surface area contributed by atoms with E-state index in [-0.39, 0.29) is 22.6 Å². The van der Waals surface area contributed by atoms with E-state index >= 15 is 0 Å². The van der Waals surface area contributed by atoms with Crippen LogP contribution in [0.1, 0.15) is 37.2 Å². The van der Waals surface area contributed by atoms with Crippen LogP contribution in [0.2, 0.25) is 0 Å². The lowest BCUT2D eigenvalue weighted by atomic mass is 10.1. The van der Waals surface area contributed by atoms with Crippen molar-refractivity contribution in [3.05, 3.63) is 70.6 Å². The molecular formula is C22H21N3O2S. The Bertz CT molecular complexity index is 1240. The van der Waals surface area contributed by atoms with Gasteiger partial charge in [0.2, 0.25) is 0 Å². The molecule has 0 fully saturated rings. The number of rotatable bonds is 5. The second-order valence-electron chi connectivity index (χ2n) is 7.05. The molecule has 142 valence electrons. The zero-order chi connectivity index (χ0) is 19.8. The number of nitrogens with zero attached hydrogens (tertiary/aromatic N) is 2. The average molecular weight is 391 g/mol.